The Morgan fingerprint density at radius 2 is 2.14 bits per heavy atom. The van der Waals surface area contributed by atoms with Crippen molar-refractivity contribution in [3.05, 3.63) is 51.7 Å². The lowest BCUT2D eigenvalue weighted by Gasteiger charge is -2.24. The lowest BCUT2D eigenvalue weighted by molar-refractivity contribution is -0.130. The van der Waals surface area contributed by atoms with Gasteiger partial charge in [-0.25, -0.2) is 0 Å². The zero-order valence-corrected chi connectivity index (χ0v) is 18.0. The number of amides is 1. The molecule has 1 fully saturated rings. The van der Waals surface area contributed by atoms with Crippen molar-refractivity contribution in [1.29, 1.82) is 0 Å². The number of carbonyl (C=O) groups excluding carboxylic acids is 1. The van der Waals surface area contributed by atoms with Crippen LogP contribution in [0.15, 0.2) is 51.4 Å². The summed E-state index contributed by atoms with van der Waals surface area (Å²) in [6, 6.07) is 11.2. The van der Waals surface area contributed by atoms with Crippen molar-refractivity contribution in [1.82, 2.24) is 15.1 Å². The van der Waals surface area contributed by atoms with Crippen molar-refractivity contribution >= 4 is 40.6 Å². The van der Waals surface area contributed by atoms with Gasteiger partial charge < -0.3 is 14.1 Å². The topological polar surface area (TPSA) is 68.5 Å². The van der Waals surface area contributed by atoms with Gasteiger partial charge in [0.25, 0.3) is 5.22 Å². The van der Waals surface area contributed by atoms with Gasteiger partial charge >= 0.3 is 0 Å². The summed E-state index contributed by atoms with van der Waals surface area (Å²) in [7, 11) is 0. The van der Waals surface area contributed by atoms with E-state index in [-0.39, 0.29) is 17.8 Å². The van der Waals surface area contributed by atoms with Gasteiger partial charge in [0.15, 0.2) is 0 Å². The summed E-state index contributed by atoms with van der Waals surface area (Å²) in [5.41, 5.74) is 0.790. The first-order valence-electron chi connectivity index (χ1n) is 9.31. The van der Waals surface area contributed by atoms with Gasteiger partial charge in [0.2, 0.25) is 11.8 Å². The van der Waals surface area contributed by atoms with Gasteiger partial charge in [-0.3, -0.25) is 4.79 Å². The van der Waals surface area contributed by atoms with Gasteiger partial charge in [0.1, 0.15) is 0 Å². The fraction of sp³-hybridized carbons (Fsp3) is 0.350. The van der Waals surface area contributed by atoms with Gasteiger partial charge in [-0.1, -0.05) is 29.4 Å². The van der Waals surface area contributed by atoms with Crippen molar-refractivity contribution in [3.63, 3.8) is 0 Å². The number of hydrogen-bond acceptors (Lipinski definition) is 7. The second-order valence-corrected chi connectivity index (χ2v) is 9.05. The average molecular weight is 450 g/mol. The fourth-order valence-electron chi connectivity index (χ4n) is 3.07. The fourth-order valence-corrected chi connectivity index (χ4v) is 4.58. The third kappa shape index (κ3) is 5.60. The Labute approximate surface area is 182 Å². The Kier molecular flexibility index (Phi) is 6.86. The third-order valence-corrected chi connectivity index (χ3v) is 6.46. The van der Waals surface area contributed by atoms with Crippen LogP contribution in [0.1, 0.15) is 17.7 Å². The molecule has 1 aliphatic rings. The maximum atomic E-state index is 12.9. The molecular weight excluding hydrogens is 430 g/mol. The summed E-state index contributed by atoms with van der Waals surface area (Å²) in [5.74, 6) is 0.678. The Bertz CT molecular complexity index is 925. The van der Waals surface area contributed by atoms with Crippen LogP contribution < -0.4 is 0 Å². The van der Waals surface area contributed by atoms with Crippen molar-refractivity contribution < 1.29 is 13.9 Å². The first kappa shape index (κ1) is 20.4. The molecule has 4 rings (SSSR count). The molecule has 152 valence electrons. The number of benzene rings is 1. The van der Waals surface area contributed by atoms with E-state index in [1.54, 1.807) is 23.5 Å². The molecule has 1 aliphatic heterocycles. The normalized spacial score (nSPS) is 16.2. The van der Waals surface area contributed by atoms with E-state index >= 15 is 0 Å². The first-order valence-corrected chi connectivity index (χ1v) is 11.6. The van der Waals surface area contributed by atoms with E-state index in [9.17, 15) is 4.79 Å². The predicted octanol–water partition coefficient (Wildman–Crippen LogP) is 4.75. The lowest BCUT2D eigenvalue weighted by atomic mass is 10.2. The summed E-state index contributed by atoms with van der Waals surface area (Å²) >= 11 is 8.81. The van der Waals surface area contributed by atoms with E-state index in [4.69, 9.17) is 20.8 Å². The summed E-state index contributed by atoms with van der Waals surface area (Å²) in [6.07, 6.45) is 2.16. The number of rotatable bonds is 8. The number of hydrogen-bond donors (Lipinski definition) is 0. The minimum absolute atomic E-state index is 0.0325. The molecule has 6 nitrogen and oxygen atoms in total. The third-order valence-electron chi connectivity index (χ3n) is 4.54. The van der Waals surface area contributed by atoms with Crippen LogP contribution in [0.3, 0.4) is 0 Å². The molecule has 2 aromatic heterocycles. The minimum atomic E-state index is 0.0325. The quantitative estimate of drug-likeness (QED) is 0.462. The summed E-state index contributed by atoms with van der Waals surface area (Å²) in [5, 5.41) is 11.1. The summed E-state index contributed by atoms with van der Waals surface area (Å²) in [4.78, 5) is 15.9. The molecule has 3 heterocycles. The van der Waals surface area contributed by atoms with Crippen LogP contribution in [0.25, 0.3) is 11.5 Å². The Balaban J connectivity index is 1.37. The number of ether oxygens (including phenoxy) is 1. The molecular formula is C20H20ClN3O3S2. The number of aromatic nitrogens is 2. The Hall–Kier alpha value is -1.87. The van der Waals surface area contributed by atoms with Crippen molar-refractivity contribution in [2.24, 2.45) is 0 Å². The van der Waals surface area contributed by atoms with Gasteiger partial charge in [0, 0.05) is 28.6 Å². The molecule has 0 saturated carbocycles. The number of thiophene rings is 1. The molecule has 29 heavy (non-hydrogen) atoms. The summed E-state index contributed by atoms with van der Waals surface area (Å²) in [6.45, 7) is 1.98. The molecule has 1 unspecified atom stereocenters. The molecule has 1 saturated heterocycles. The highest BCUT2D eigenvalue weighted by molar-refractivity contribution is 7.99. The number of carbonyl (C=O) groups is 1. The molecule has 1 atom stereocenters. The Morgan fingerprint density at radius 1 is 1.28 bits per heavy atom. The van der Waals surface area contributed by atoms with Crippen LogP contribution >= 0.6 is 34.7 Å². The van der Waals surface area contributed by atoms with Gasteiger partial charge in [-0.15, -0.1) is 21.5 Å². The maximum absolute atomic E-state index is 12.9. The van der Waals surface area contributed by atoms with Crippen LogP contribution in [0.2, 0.25) is 5.02 Å². The molecule has 0 radical (unpaired) electrons. The van der Waals surface area contributed by atoms with Crippen molar-refractivity contribution in [2.45, 2.75) is 30.7 Å². The van der Waals surface area contributed by atoms with Crippen LogP contribution in [-0.2, 0) is 16.1 Å². The van der Waals surface area contributed by atoms with Crippen LogP contribution in [0, 0.1) is 0 Å². The van der Waals surface area contributed by atoms with E-state index in [0.717, 1.165) is 29.9 Å². The number of halogens is 1. The standard InChI is InChI=1S/C20H20ClN3O3S2/c21-15-7-5-14(6-8-15)19-22-23-20(27-19)29-13-18(25)24(11-16-3-1-9-26-16)12-17-4-2-10-28-17/h2,4-8,10,16H,1,3,9,11-13H2. The van der Waals surface area contributed by atoms with Crippen molar-refractivity contribution in [2.75, 3.05) is 18.9 Å². The molecule has 1 amide bonds. The maximum Gasteiger partial charge on any atom is 0.277 e. The molecule has 0 N–H and O–H groups in total. The number of thioether (sulfide) groups is 1. The molecule has 0 spiro atoms. The zero-order chi connectivity index (χ0) is 20.1. The van der Waals surface area contributed by atoms with E-state index < -0.39 is 0 Å². The predicted molar refractivity (Wildman–Crippen MR) is 114 cm³/mol. The second-order valence-electron chi connectivity index (χ2n) is 6.66. The SMILES string of the molecule is O=C(CSc1nnc(-c2ccc(Cl)cc2)o1)N(Cc1cccs1)CC1CCCO1. The Morgan fingerprint density at radius 3 is 2.86 bits per heavy atom. The number of nitrogens with zero attached hydrogens (tertiary/aromatic N) is 3. The van der Waals surface area contributed by atoms with Gasteiger partial charge in [-0.05, 0) is 48.6 Å². The highest BCUT2D eigenvalue weighted by Gasteiger charge is 2.23. The second kappa shape index (κ2) is 9.75. The molecule has 1 aromatic carbocycles. The lowest BCUT2D eigenvalue weighted by Crippen LogP contribution is -2.37. The van der Waals surface area contributed by atoms with E-state index in [1.807, 2.05) is 34.5 Å². The van der Waals surface area contributed by atoms with Crippen molar-refractivity contribution in [3.8, 4) is 11.5 Å². The molecule has 0 aliphatic carbocycles. The smallest absolute Gasteiger partial charge is 0.277 e. The van der Waals surface area contributed by atoms with E-state index in [0.29, 0.717) is 29.2 Å². The molecule has 3 aromatic rings. The minimum Gasteiger partial charge on any atom is -0.411 e. The average Bonchev–Trinajstić information content (AvgIpc) is 3.49. The zero-order valence-electron chi connectivity index (χ0n) is 15.6. The van der Waals surface area contributed by atoms with Gasteiger partial charge in [0.05, 0.1) is 18.4 Å². The summed E-state index contributed by atoms with van der Waals surface area (Å²) < 4.78 is 11.4. The first-order chi connectivity index (χ1) is 14.2. The largest absolute Gasteiger partial charge is 0.411 e. The van der Waals surface area contributed by atoms with Crippen LogP contribution in [0.4, 0.5) is 0 Å². The van der Waals surface area contributed by atoms with E-state index in [2.05, 4.69) is 10.2 Å². The van der Waals surface area contributed by atoms with Gasteiger partial charge in [-0.2, -0.15) is 0 Å². The highest BCUT2D eigenvalue weighted by atomic mass is 35.5. The highest BCUT2D eigenvalue weighted by Crippen LogP contribution is 2.25. The molecule has 0 bridgehead atoms. The van der Waals surface area contributed by atoms with Crippen LogP contribution in [-0.4, -0.2) is 46.0 Å². The molecule has 9 heteroatoms. The monoisotopic (exact) mass is 449 g/mol. The van der Waals surface area contributed by atoms with Crippen LogP contribution in [0.5, 0.6) is 0 Å². The van der Waals surface area contributed by atoms with E-state index in [1.165, 1.54) is 11.8 Å².